The van der Waals surface area contributed by atoms with E-state index in [2.05, 4.69) is 55.4 Å². The highest BCUT2D eigenvalue weighted by Gasteiger charge is 2.30. The Labute approximate surface area is 517 Å². The lowest BCUT2D eigenvalue weighted by molar-refractivity contribution is -0.161. The number of rotatable bonds is 63. The van der Waals surface area contributed by atoms with Crippen LogP contribution in [-0.2, 0) is 65.4 Å². The van der Waals surface area contributed by atoms with Crippen LogP contribution in [0.25, 0.3) is 0 Å². The van der Waals surface area contributed by atoms with E-state index in [1.54, 1.807) is 0 Å². The van der Waals surface area contributed by atoms with Crippen molar-refractivity contribution in [2.24, 2.45) is 23.7 Å². The SMILES string of the molecule is CCC(C)CCCCCCCCC(=O)OC[C@H](COP(=O)(O)OC[C@@H](O)COP(=O)(O)OC[C@@H](COC(=O)CCCCCCCCC(C)CC)OC(=O)CCCCCCCCC(C)C)OC(=O)CCCCCCCCCCCCCCCC(C)C. The number of unbranched alkanes of at least 4 members (excludes halogenated alkanes) is 27. The second kappa shape index (κ2) is 56.1. The zero-order valence-corrected chi connectivity index (χ0v) is 57.0. The van der Waals surface area contributed by atoms with Crippen molar-refractivity contribution < 1.29 is 80.2 Å². The van der Waals surface area contributed by atoms with Gasteiger partial charge < -0.3 is 33.8 Å². The zero-order chi connectivity index (χ0) is 63.2. The maximum atomic E-state index is 13.0. The summed E-state index contributed by atoms with van der Waals surface area (Å²) in [6, 6.07) is 0. The van der Waals surface area contributed by atoms with E-state index in [9.17, 15) is 43.2 Å². The molecule has 19 heteroatoms. The van der Waals surface area contributed by atoms with Crippen LogP contribution in [0, 0.1) is 23.7 Å². The lowest BCUT2D eigenvalue weighted by Gasteiger charge is -2.21. The van der Waals surface area contributed by atoms with Gasteiger partial charge in [-0.3, -0.25) is 37.3 Å². The molecule has 3 N–H and O–H groups in total. The molecule has 85 heavy (non-hydrogen) atoms. The van der Waals surface area contributed by atoms with Gasteiger partial charge in [0.1, 0.15) is 19.3 Å². The van der Waals surface area contributed by atoms with E-state index in [0.717, 1.165) is 120 Å². The van der Waals surface area contributed by atoms with E-state index in [1.165, 1.54) is 109 Å². The fraction of sp³-hybridized carbons (Fsp3) is 0.939. The number of hydrogen-bond acceptors (Lipinski definition) is 15. The Bertz CT molecular complexity index is 1700. The molecule has 0 spiro atoms. The molecule has 0 aliphatic rings. The summed E-state index contributed by atoms with van der Waals surface area (Å²) in [5.74, 6) is 0.777. The molecule has 0 aromatic heterocycles. The van der Waals surface area contributed by atoms with E-state index in [0.29, 0.717) is 31.6 Å². The van der Waals surface area contributed by atoms with Gasteiger partial charge in [-0.1, -0.05) is 267 Å². The third-order valence-electron chi connectivity index (χ3n) is 15.8. The molecule has 0 fully saturated rings. The second-order valence-corrected chi connectivity index (χ2v) is 28.2. The van der Waals surface area contributed by atoms with E-state index in [4.69, 9.17) is 37.0 Å². The van der Waals surface area contributed by atoms with Gasteiger partial charge in [0, 0.05) is 25.7 Å². The first-order valence-corrected chi connectivity index (χ1v) is 37.3. The number of aliphatic hydroxyl groups excluding tert-OH is 1. The summed E-state index contributed by atoms with van der Waals surface area (Å²) < 4.78 is 68.0. The van der Waals surface area contributed by atoms with Crippen LogP contribution >= 0.6 is 15.6 Å². The Hall–Kier alpha value is -1.94. The maximum absolute atomic E-state index is 13.0. The summed E-state index contributed by atoms with van der Waals surface area (Å²) in [6.07, 6.45) is 36.4. The molecule has 7 atom stereocenters. The molecule has 0 aliphatic heterocycles. The van der Waals surface area contributed by atoms with Gasteiger partial charge in [0.25, 0.3) is 0 Å². The average Bonchev–Trinajstić information content (AvgIpc) is 3.49. The zero-order valence-electron chi connectivity index (χ0n) is 55.2. The van der Waals surface area contributed by atoms with Crippen molar-refractivity contribution >= 4 is 39.5 Å². The number of hydrogen-bond donors (Lipinski definition) is 3. The summed E-state index contributed by atoms with van der Waals surface area (Å²) in [4.78, 5) is 72.3. The highest BCUT2D eigenvalue weighted by molar-refractivity contribution is 7.47. The molecule has 0 rings (SSSR count). The van der Waals surface area contributed by atoms with Crippen molar-refractivity contribution in [1.82, 2.24) is 0 Å². The molecule has 0 aliphatic carbocycles. The Morgan fingerprint density at radius 1 is 0.329 bits per heavy atom. The number of ether oxygens (including phenoxy) is 4. The number of carbonyl (C=O) groups excluding carboxylic acids is 4. The third kappa shape index (κ3) is 58.2. The first-order chi connectivity index (χ1) is 40.7. The van der Waals surface area contributed by atoms with Crippen molar-refractivity contribution in [3.8, 4) is 0 Å². The Morgan fingerprint density at radius 2 is 0.565 bits per heavy atom. The molecule has 0 aromatic carbocycles. The first-order valence-electron chi connectivity index (χ1n) is 34.3. The molecule has 0 heterocycles. The highest BCUT2D eigenvalue weighted by atomic mass is 31.2. The summed E-state index contributed by atoms with van der Waals surface area (Å²) in [6.45, 7) is 14.0. The maximum Gasteiger partial charge on any atom is 0.472 e. The molecule has 0 amide bonds. The summed E-state index contributed by atoms with van der Waals surface area (Å²) >= 11 is 0. The predicted octanol–water partition coefficient (Wildman–Crippen LogP) is 18.1. The van der Waals surface area contributed by atoms with Gasteiger partial charge >= 0.3 is 39.5 Å². The minimum atomic E-state index is -4.95. The number of phosphoric ester groups is 2. The van der Waals surface area contributed by atoms with Gasteiger partial charge in [0.2, 0.25) is 0 Å². The van der Waals surface area contributed by atoms with Crippen LogP contribution < -0.4 is 0 Å². The van der Waals surface area contributed by atoms with Crippen LogP contribution in [0.2, 0.25) is 0 Å². The van der Waals surface area contributed by atoms with Crippen LogP contribution in [0.3, 0.4) is 0 Å². The topological polar surface area (TPSA) is 237 Å². The number of aliphatic hydroxyl groups is 1. The Kier molecular flexibility index (Phi) is 54.8. The van der Waals surface area contributed by atoms with Crippen LogP contribution in [0.5, 0.6) is 0 Å². The fourth-order valence-corrected chi connectivity index (χ4v) is 11.3. The lowest BCUT2D eigenvalue weighted by Crippen LogP contribution is -2.30. The minimum absolute atomic E-state index is 0.101. The number of phosphoric acid groups is 2. The number of carbonyl (C=O) groups is 4. The molecular formula is C66H128O17P2. The van der Waals surface area contributed by atoms with E-state index < -0.39 is 97.5 Å². The molecule has 504 valence electrons. The van der Waals surface area contributed by atoms with E-state index in [1.807, 2.05) is 0 Å². The first kappa shape index (κ1) is 83.1. The average molecular weight is 1260 g/mol. The number of esters is 4. The van der Waals surface area contributed by atoms with Gasteiger partial charge in [0.05, 0.1) is 26.4 Å². The van der Waals surface area contributed by atoms with Crippen molar-refractivity contribution in [1.29, 1.82) is 0 Å². The molecule has 0 aromatic rings. The van der Waals surface area contributed by atoms with Gasteiger partial charge in [-0.2, -0.15) is 0 Å². The normalized spacial score (nSPS) is 15.0. The highest BCUT2D eigenvalue weighted by Crippen LogP contribution is 2.45. The van der Waals surface area contributed by atoms with Gasteiger partial charge in [-0.15, -0.1) is 0 Å². The van der Waals surface area contributed by atoms with Crippen molar-refractivity contribution in [2.75, 3.05) is 39.6 Å². The van der Waals surface area contributed by atoms with Gasteiger partial charge in [-0.05, 0) is 49.4 Å². The minimum Gasteiger partial charge on any atom is -0.462 e. The van der Waals surface area contributed by atoms with Crippen LogP contribution in [0.4, 0.5) is 0 Å². The molecule has 0 saturated heterocycles. The fourth-order valence-electron chi connectivity index (χ4n) is 9.72. The Balaban J connectivity index is 5.23. The second-order valence-electron chi connectivity index (χ2n) is 25.3. The summed E-state index contributed by atoms with van der Waals surface area (Å²) in [7, 11) is -9.89. The standard InChI is InChI=1S/C66H128O17P2/c1-9-58(7)44-36-28-21-24-30-38-46-63(68)76-52-61(82-65(70)48-40-32-19-17-15-13-11-12-14-16-18-26-34-42-56(3)4)54-80-84(72,73)78-50-60(67)51-79-85(74,75)81-55-62(83-66(71)49-41-33-23-20-27-35-43-57(5)6)53-77-64(69)47-39-31-25-22-29-37-45-59(8)10-2/h56-62,67H,9-55H2,1-8H3,(H,72,73)(H,74,75)/t58?,59?,60-,61-,62-/m1/s1. The third-order valence-corrected chi connectivity index (χ3v) is 17.7. The smallest absolute Gasteiger partial charge is 0.462 e. The quantitative estimate of drug-likeness (QED) is 0.0222. The van der Waals surface area contributed by atoms with Crippen molar-refractivity contribution in [2.45, 2.75) is 337 Å². The molecule has 0 radical (unpaired) electrons. The largest absolute Gasteiger partial charge is 0.472 e. The van der Waals surface area contributed by atoms with E-state index >= 15 is 0 Å². The van der Waals surface area contributed by atoms with Crippen molar-refractivity contribution in [3.63, 3.8) is 0 Å². The summed E-state index contributed by atoms with van der Waals surface area (Å²) in [5.41, 5.74) is 0. The lowest BCUT2D eigenvalue weighted by atomic mass is 10.00. The molecule has 17 nitrogen and oxygen atoms in total. The molecule has 4 unspecified atom stereocenters. The van der Waals surface area contributed by atoms with Crippen LogP contribution in [0.15, 0.2) is 0 Å². The monoisotopic (exact) mass is 1250 g/mol. The summed E-state index contributed by atoms with van der Waals surface area (Å²) in [5, 5.41) is 10.5. The van der Waals surface area contributed by atoms with Crippen LogP contribution in [0.1, 0.15) is 319 Å². The van der Waals surface area contributed by atoms with Gasteiger partial charge in [0.15, 0.2) is 12.2 Å². The molecule has 0 bridgehead atoms. The van der Waals surface area contributed by atoms with E-state index in [-0.39, 0.29) is 25.7 Å². The predicted molar refractivity (Wildman–Crippen MR) is 340 cm³/mol. The van der Waals surface area contributed by atoms with Crippen LogP contribution in [-0.4, -0.2) is 96.7 Å². The molecular weight excluding hydrogens is 1130 g/mol. The molecule has 0 saturated carbocycles. The van der Waals surface area contributed by atoms with Gasteiger partial charge in [-0.25, -0.2) is 9.13 Å². The Morgan fingerprint density at radius 3 is 0.835 bits per heavy atom. The van der Waals surface area contributed by atoms with Crippen molar-refractivity contribution in [3.05, 3.63) is 0 Å².